The first-order chi connectivity index (χ1) is 13.8. The van der Waals surface area contributed by atoms with Crippen LogP contribution in [-0.2, 0) is 9.59 Å². The van der Waals surface area contributed by atoms with Gasteiger partial charge in [-0.15, -0.1) is 0 Å². The van der Waals surface area contributed by atoms with Gasteiger partial charge in [-0.3, -0.25) is 9.59 Å². The summed E-state index contributed by atoms with van der Waals surface area (Å²) in [7, 11) is 5.36. The highest BCUT2D eigenvalue weighted by Gasteiger charge is 2.45. The number of carbonyl (C=O) groups is 2. The van der Waals surface area contributed by atoms with Crippen LogP contribution < -0.4 is 4.74 Å². The van der Waals surface area contributed by atoms with Gasteiger partial charge in [0.15, 0.2) is 0 Å². The maximum Gasteiger partial charge on any atom is 0.295 e. The Morgan fingerprint density at radius 2 is 1.72 bits per heavy atom. The molecule has 1 unspecified atom stereocenters. The average Bonchev–Trinajstić information content (AvgIpc) is 2.97. The number of likely N-dealkylation sites (N-methyl/N-ethyl adjacent to an activating group) is 1. The van der Waals surface area contributed by atoms with Crippen LogP contribution in [0.1, 0.15) is 17.2 Å². The molecule has 1 aliphatic heterocycles. The third-order valence-electron chi connectivity index (χ3n) is 4.88. The van der Waals surface area contributed by atoms with Gasteiger partial charge in [-0.05, 0) is 56.1 Å². The third-order valence-corrected chi connectivity index (χ3v) is 5.13. The molecule has 0 bridgehead atoms. The Bertz CT molecular complexity index is 936. The van der Waals surface area contributed by atoms with E-state index >= 15 is 0 Å². The minimum absolute atomic E-state index is 0.0706. The Morgan fingerprint density at radius 3 is 2.28 bits per heavy atom. The van der Waals surface area contributed by atoms with Crippen LogP contribution in [0.2, 0.25) is 5.02 Å². The van der Waals surface area contributed by atoms with Gasteiger partial charge < -0.3 is 19.6 Å². The molecule has 0 aromatic heterocycles. The van der Waals surface area contributed by atoms with Gasteiger partial charge in [0.1, 0.15) is 11.5 Å². The Balaban J connectivity index is 2.12. The second-order valence-corrected chi connectivity index (χ2v) is 7.51. The van der Waals surface area contributed by atoms with E-state index < -0.39 is 17.7 Å². The van der Waals surface area contributed by atoms with Crippen molar-refractivity contribution < 1.29 is 19.4 Å². The molecule has 1 atom stereocenters. The molecule has 0 aliphatic carbocycles. The maximum absolute atomic E-state index is 12.9. The molecule has 0 spiro atoms. The van der Waals surface area contributed by atoms with Crippen LogP contribution in [0.5, 0.6) is 5.75 Å². The predicted molar refractivity (Wildman–Crippen MR) is 112 cm³/mol. The van der Waals surface area contributed by atoms with E-state index in [9.17, 15) is 14.7 Å². The smallest absolute Gasteiger partial charge is 0.295 e. The van der Waals surface area contributed by atoms with Crippen molar-refractivity contribution in [1.82, 2.24) is 9.80 Å². The zero-order chi connectivity index (χ0) is 21.1. The average molecular weight is 415 g/mol. The Labute approximate surface area is 174 Å². The molecule has 6 nitrogen and oxygen atoms in total. The summed E-state index contributed by atoms with van der Waals surface area (Å²) in [6.07, 6.45) is 0. The van der Waals surface area contributed by atoms with E-state index in [2.05, 4.69) is 0 Å². The summed E-state index contributed by atoms with van der Waals surface area (Å²) in [5.74, 6) is -0.870. The van der Waals surface area contributed by atoms with Gasteiger partial charge in [0.25, 0.3) is 11.7 Å². The van der Waals surface area contributed by atoms with Crippen molar-refractivity contribution in [2.24, 2.45) is 0 Å². The lowest BCUT2D eigenvalue weighted by Crippen LogP contribution is -2.35. The van der Waals surface area contributed by atoms with Gasteiger partial charge in [0.05, 0.1) is 18.7 Å². The van der Waals surface area contributed by atoms with E-state index in [1.54, 1.807) is 55.6 Å². The first-order valence-corrected chi connectivity index (χ1v) is 9.54. The van der Waals surface area contributed by atoms with E-state index in [0.29, 0.717) is 29.4 Å². The summed E-state index contributed by atoms with van der Waals surface area (Å²) in [6, 6.07) is 12.9. The lowest BCUT2D eigenvalue weighted by molar-refractivity contribution is -0.140. The molecular weight excluding hydrogens is 392 g/mol. The first-order valence-electron chi connectivity index (χ1n) is 9.16. The lowest BCUT2D eigenvalue weighted by Gasteiger charge is -2.26. The topological polar surface area (TPSA) is 70.1 Å². The van der Waals surface area contributed by atoms with E-state index in [4.69, 9.17) is 16.3 Å². The van der Waals surface area contributed by atoms with E-state index in [1.165, 1.54) is 4.90 Å². The molecule has 0 radical (unpaired) electrons. The van der Waals surface area contributed by atoms with Gasteiger partial charge in [-0.2, -0.15) is 0 Å². The molecule has 1 fully saturated rings. The van der Waals surface area contributed by atoms with Crippen LogP contribution in [0.3, 0.4) is 0 Å². The number of amides is 1. The standard InChI is InChI=1S/C22H23ClN2O4/c1-24(2)12-13-25-19(14-6-10-17(29-3)11-7-14)18(21(27)22(25)28)20(26)15-4-8-16(23)9-5-15/h4-11,19,26H,12-13H2,1-3H3/b20-18-. The van der Waals surface area contributed by atoms with Crippen LogP contribution in [0.25, 0.3) is 5.76 Å². The van der Waals surface area contributed by atoms with Crippen LogP contribution in [0, 0.1) is 0 Å². The lowest BCUT2D eigenvalue weighted by atomic mass is 9.95. The number of Topliss-reactive ketones (excluding diaryl/α,β-unsaturated/α-hetero) is 1. The maximum atomic E-state index is 12.9. The van der Waals surface area contributed by atoms with Gasteiger partial charge in [-0.25, -0.2) is 0 Å². The highest BCUT2D eigenvalue weighted by Crippen LogP contribution is 2.39. The van der Waals surface area contributed by atoms with Gasteiger partial charge in [0.2, 0.25) is 0 Å². The highest BCUT2D eigenvalue weighted by atomic mass is 35.5. The molecule has 2 aromatic carbocycles. The first kappa shape index (κ1) is 20.9. The largest absolute Gasteiger partial charge is 0.507 e. The summed E-state index contributed by atoms with van der Waals surface area (Å²) in [6.45, 7) is 0.937. The van der Waals surface area contributed by atoms with Gasteiger partial charge in [-0.1, -0.05) is 23.7 Å². The molecule has 1 aliphatic rings. The van der Waals surface area contributed by atoms with Crippen LogP contribution in [-0.4, -0.2) is 60.9 Å². The SMILES string of the molecule is COc1ccc(C2/C(=C(/O)c3ccc(Cl)cc3)C(=O)C(=O)N2CCN(C)C)cc1. The normalized spacial score (nSPS) is 18.5. The molecule has 1 saturated heterocycles. The number of rotatable bonds is 6. The summed E-state index contributed by atoms with van der Waals surface area (Å²) in [5.41, 5.74) is 1.22. The fourth-order valence-corrected chi connectivity index (χ4v) is 3.44. The minimum Gasteiger partial charge on any atom is -0.507 e. The molecule has 1 heterocycles. The summed E-state index contributed by atoms with van der Waals surface area (Å²) in [5, 5.41) is 11.4. The molecule has 3 rings (SSSR count). The van der Waals surface area contributed by atoms with Crippen LogP contribution >= 0.6 is 11.6 Å². The van der Waals surface area contributed by atoms with E-state index in [1.807, 2.05) is 19.0 Å². The van der Waals surface area contributed by atoms with Crippen molar-refractivity contribution in [3.05, 3.63) is 70.3 Å². The third kappa shape index (κ3) is 4.28. The number of aliphatic hydroxyl groups is 1. The van der Waals surface area contributed by atoms with Crippen molar-refractivity contribution >= 4 is 29.1 Å². The number of hydrogen-bond acceptors (Lipinski definition) is 5. The van der Waals surface area contributed by atoms with Crippen molar-refractivity contribution in [1.29, 1.82) is 0 Å². The number of halogens is 1. The molecule has 1 N–H and O–H groups in total. The molecule has 7 heteroatoms. The zero-order valence-electron chi connectivity index (χ0n) is 16.6. The summed E-state index contributed by atoms with van der Waals surface area (Å²) >= 11 is 5.93. The number of hydrogen-bond donors (Lipinski definition) is 1. The number of methoxy groups -OCH3 is 1. The van der Waals surface area contributed by atoms with E-state index in [0.717, 1.165) is 5.56 Å². The Hall–Kier alpha value is -2.83. The molecule has 0 saturated carbocycles. The number of nitrogens with zero attached hydrogens (tertiary/aromatic N) is 2. The molecule has 152 valence electrons. The predicted octanol–water partition coefficient (Wildman–Crippen LogP) is 3.33. The number of carbonyl (C=O) groups excluding carboxylic acids is 2. The van der Waals surface area contributed by atoms with Gasteiger partial charge >= 0.3 is 0 Å². The minimum atomic E-state index is -0.697. The monoisotopic (exact) mass is 414 g/mol. The molecule has 29 heavy (non-hydrogen) atoms. The van der Waals surface area contributed by atoms with Gasteiger partial charge in [0, 0.05) is 23.7 Å². The van der Waals surface area contributed by atoms with Crippen LogP contribution in [0.4, 0.5) is 0 Å². The van der Waals surface area contributed by atoms with Crippen molar-refractivity contribution in [3.8, 4) is 5.75 Å². The summed E-state index contributed by atoms with van der Waals surface area (Å²) in [4.78, 5) is 29.1. The van der Waals surface area contributed by atoms with Crippen molar-refractivity contribution in [3.63, 3.8) is 0 Å². The number of ketones is 1. The highest BCUT2D eigenvalue weighted by molar-refractivity contribution is 6.46. The van der Waals surface area contributed by atoms with Crippen molar-refractivity contribution in [2.45, 2.75) is 6.04 Å². The number of benzene rings is 2. The Morgan fingerprint density at radius 1 is 1.10 bits per heavy atom. The number of likely N-dealkylation sites (tertiary alicyclic amines) is 1. The van der Waals surface area contributed by atoms with E-state index in [-0.39, 0.29) is 11.3 Å². The number of ether oxygens (including phenoxy) is 1. The van der Waals surface area contributed by atoms with Crippen LogP contribution in [0.15, 0.2) is 54.1 Å². The fraction of sp³-hybridized carbons (Fsp3) is 0.273. The molecule has 2 aromatic rings. The quantitative estimate of drug-likeness (QED) is 0.446. The zero-order valence-corrected chi connectivity index (χ0v) is 17.3. The molecular formula is C22H23ClN2O4. The fourth-order valence-electron chi connectivity index (χ4n) is 3.31. The summed E-state index contributed by atoms with van der Waals surface area (Å²) < 4.78 is 5.21. The second kappa shape index (κ2) is 8.68. The van der Waals surface area contributed by atoms with Crippen molar-refractivity contribution in [2.75, 3.05) is 34.3 Å². The molecule has 1 amide bonds. The number of aliphatic hydroxyl groups excluding tert-OH is 1. The second-order valence-electron chi connectivity index (χ2n) is 7.08. The Kier molecular flexibility index (Phi) is 6.25.